The molecule has 1 saturated carbocycles. The lowest BCUT2D eigenvalue weighted by Crippen LogP contribution is -2.44. The molecule has 1 amide bonds. The molecule has 1 aliphatic rings. The van der Waals surface area contributed by atoms with Crippen LogP contribution in [0.1, 0.15) is 44.6 Å². The van der Waals surface area contributed by atoms with Crippen LogP contribution in [0.3, 0.4) is 0 Å². The first-order chi connectivity index (χ1) is 9.66. The van der Waals surface area contributed by atoms with Gasteiger partial charge in [-0.3, -0.25) is 4.79 Å². The zero-order chi connectivity index (χ0) is 14.4. The van der Waals surface area contributed by atoms with Gasteiger partial charge < -0.3 is 10.4 Å². The number of hydrogen-bond acceptors (Lipinski definition) is 2. The number of amides is 1. The highest BCUT2D eigenvalue weighted by Crippen LogP contribution is 2.26. The monoisotopic (exact) mass is 275 g/mol. The quantitative estimate of drug-likeness (QED) is 0.868. The van der Waals surface area contributed by atoms with Crippen molar-refractivity contribution in [2.75, 3.05) is 0 Å². The van der Waals surface area contributed by atoms with Crippen molar-refractivity contribution in [1.29, 1.82) is 0 Å². The van der Waals surface area contributed by atoms with Crippen LogP contribution in [0.15, 0.2) is 30.3 Å². The summed E-state index contributed by atoms with van der Waals surface area (Å²) in [5.41, 5.74) is 0.987. The number of nitrogens with one attached hydrogen (secondary N) is 1. The summed E-state index contributed by atoms with van der Waals surface area (Å²) in [6.45, 7) is 2.06. The number of carbonyl (C=O) groups excluding carboxylic acids is 1. The fourth-order valence-corrected chi connectivity index (χ4v) is 3.00. The van der Waals surface area contributed by atoms with E-state index in [1.807, 2.05) is 30.3 Å². The molecule has 1 aliphatic carbocycles. The first-order valence-corrected chi connectivity index (χ1v) is 7.69. The fourth-order valence-electron chi connectivity index (χ4n) is 3.00. The Morgan fingerprint density at radius 2 is 1.90 bits per heavy atom. The summed E-state index contributed by atoms with van der Waals surface area (Å²) >= 11 is 0. The third-order valence-corrected chi connectivity index (χ3v) is 4.30. The normalized spacial score (nSPS) is 19.3. The van der Waals surface area contributed by atoms with E-state index < -0.39 is 6.10 Å². The van der Waals surface area contributed by atoms with E-state index in [0.29, 0.717) is 12.3 Å². The molecule has 3 heteroatoms. The van der Waals surface area contributed by atoms with Crippen molar-refractivity contribution in [3.05, 3.63) is 35.9 Å². The number of carbonyl (C=O) groups is 1. The average molecular weight is 275 g/mol. The van der Waals surface area contributed by atoms with Crippen molar-refractivity contribution >= 4 is 5.91 Å². The van der Waals surface area contributed by atoms with Crippen LogP contribution in [-0.2, 0) is 11.2 Å². The second-order valence-corrected chi connectivity index (χ2v) is 5.90. The van der Waals surface area contributed by atoms with Crippen molar-refractivity contribution in [2.24, 2.45) is 5.92 Å². The van der Waals surface area contributed by atoms with Gasteiger partial charge in [-0.1, -0.05) is 49.6 Å². The Labute approximate surface area is 121 Å². The van der Waals surface area contributed by atoms with E-state index in [1.54, 1.807) is 0 Å². The molecule has 0 aromatic heterocycles. The fraction of sp³-hybridized carbons (Fsp3) is 0.588. The van der Waals surface area contributed by atoms with Crippen LogP contribution in [0, 0.1) is 5.92 Å². The number of benzene rings is 1. The van der Waals surface area contributed by atoms with Crippen LogP contribution in [0.5, 0.6) is 0 Å². The minimum Gasteiger partial charge on any atom is -0.383 e. The van der Waals surface area contributed by atoms with Crippen LogP contribution in [0.4, 0.5) is 0 Å². The van der Waals surface area contributed by atoms with Gasteiger partial charge in [-0.2, -0.15) is 0 Å². The van der Waals surface area contributed by atoms with E-state index in [2.05, 4.69) is 12.2 Å². The molecule has 1 fully saturated rings. The van der Waals surface area contributed by atoms with Crippen LogP contribution in [0.2, 0.25) is 0 Å². The minimum absolute atomic E-state index is 0.160. The molecule has 0 spiro atoms. The van der Waals surface area contributed by atoms with Crippen molar-refractivity contribution in [3.8, 4) is 0 Å². The predicted molar refractivity (Wildman–Crippen MR) is 80.3 cm³/mol. The van der Waals surface area contributed by atoms with Gasteiger partial charge in [0.25, 0.3) is 0 Å². The standard InChI is InChI=1S/C17H25NO2/c1-13(15-10-6-3-7-11-15)18-17(20)16(19)12-14-8-4-2-5-9-14/h2,4-5,8-9,13,15-16,19H,3,6-7,10-12H2,1H3,(H,18,20). The Balaban J connectivity index is 1.81. The minimum atomic E-state index is -0.955. The maximum absolute atomic E-state index is 12.0. The molecule has 2 unspecified atom stereocenters. The maximum Gasteiger partial charge on any atom is 0.249 e. The predicted octanol–water partition coefficient (Wildman–Crippen LogP) is 2.68. The van der Waals surface area contributed by atoms with E-state index in [0.717, 1.165) is 5.56 Å². The Hall–Kier alpha value is -1.35. The SMILES string of the molecule is CC(NC(=O)C(O)Cc1ccccc1)C1CCCCC1. The Kier molecular flexibility index (Phi) is 5.60. The average Bonchev–Trinajstić information content (AvgIpc) is 2.49. The first-order valence-electron chi connectivity index (χ1n) is 7.69. The summed E-state index contributed by atoms with van der Waals surface area (Å²) in [5, 5.41) is 13.0. The molecule has 2 atom stereocenters. The molecule has 110 valence electrons. The molecule has 20 heavy (non-hydrogen) atoms. The lowest BCUT2D eigenvalue weighted by molar-refractivity contribution is -0.130. The second-order valence-electron chi connectivity index (χ2n) is 5.90. The third kappa shape index (κ3) is 4.34. The van der Waals surface area contributed by atoms with E-state index in [1.165, 1.54) is 32.1 Å². The van der Waals surface area contributed by atoms with Gasteiger partial charge in [-0.15, -0.1) is 0 Å². The summed E-state index contributed by atoms with van der Waals surface area (Å²) in [6.07, 6.45) is 5.64. The summed E-state index contributed by atoms with van der Waals surface area (Å²) in [7, 11) is 0. The highest BCUT2D eigenvalue weighted by molar-refractivity contribution is 5.81. The zero-order valence-corrected chi connectivity index (χ0v) is 12.2. The highest BCUT2D eigenvalue weighted by atomic mass is 16.3. The molecule has 1 aromatic rings. The van der Waals surface area contributed by atoms with Crippen LogP contribution in [-0.4, -0.2) is 23.2 Å². The number of aliphatic hydroxyl groups excluding tert-OH is 1. The van der Waals surface area contributed by atoms with E-state index in [-0.39, 0.29) is 11.9 Å². The first kappa shape index (κ1) is 15.0. The van der Waals surface area contributed by atoms with Gasteiger partial charge in [0.1, 0.15) is 6.10 Å². The molecule has 0 aliphatic heterocycles. The van der Waals surface area contributed by atoms with E-state index >= 15 is 0 Å². The molecule has 2 rings (SSSR count). The molecular weight excluding hydrogens is 250 g/mol. The summed E-state index contributed by atoms with van der Waals surface area (Å²) < 4.78 is 0. The molecule has 0 heterocycles. The smallest absolute Gasteiger partial charge is 0.249 e. The van der Waals surface area contributed by atoms with Gasteiger partial charge in [0.05, 0.1) is 0 Å². The second kappa shape index (κ2) is 7.44. The van der Waals surface area contributed by atoms with E-state index in [9.17, 15) is 9.90 Å². The lowest BCUT2D eigenvalue weighted by atomic mass is 9.84. The van der Waals surface area contributed by atoms with E-state index in [4.69, 9.17) is 0 Å². The lowest BCUT2D eigenvalue weighted by Gasteiger charge is -2.29. The van der Waals surface area contributed by atoms with Crippen LogP contribution in [0.25, 0.3) is 0 Å². The molecule has 1 aromatic carbocycles. The summed E-state index contributed by atoms with van der Waals surface area (Å²) in [5.74, 6) is 0.323. The summed E-state index contributed by atoms with van der Waals surface area (Å²) in [4.78, 5) is 12.0. The largest absolute Gasteiger partial charge is 0.383 e. The van der Waals surface area contributed by atoms with Crippen LogP contribution >= 0.6 is 0 Å². The van der Waals surface area contributed by atoms with Gasteiger partial charge in [-0.25, -0.2) is 0 Å². The summed E-state index contributed by atoms with van der Waals surface area (Å²) in [6, 6.07) is 9.80. The molecule has 0 bridgehead atoms. The topological polar surface area (TPSA) is 49.3 Å². The Morgan fingerprint density at radius 1 is 1.25 bits per heavy atom. The maximum atomic E-state index is 12.0. The van der Waals surface area contributed by atoms with Gasteiger partial charge in [0, 0.05) is 12.5 Å². The zero-order valence-electron chi connectivity index (χ0n) is 12.2. The van der Waals surface area contributed by atoms with Crippen molar-refractivity contribution in [3.63, 3.8) is 0 Å². The van der Waals surface area contributed by atoms with Crippen LogP contribution < -0.4 is 5.32 Å². The van der Waals surface area contributed by atoms with Crippen molar-refractivity contribution in [2.45, 2.75) is 57.6 Å². The third-order valence-electron chi connectivity index (χ3n) is 4.30. The van der Waals surface area contributed by atoms with Gasteiger partial charge in [-0.05, 0) is 31.2 Å². The molecule has 0 saturated heterocycles. The Bertz CT molecular complexity index is 412. The van der Waals surface area contributed by atoms with Gasteiger partial charge >= 0.3 is 0 Å². The van der Waals surface area contributed by atoms with Crippen molar-refractivity contribution in [1.82, 2.24) is 5.32 Å². The molecule has 3 nitrogen and oxygen atoms in total. The molecule has 2 N–H and O–H groups in total. The Morgan fingerprint density at radius 3 is 2.55 bits per heavy atom. The van der Waals surface area contributed by atoms with Crippen molar-refractivity contribution < 1.29 is 9.90 Å². The molecule has 0 radical (unpaired) electrons. The molecular formula is C17H25NO2. The number of hydrogen-bond donors (Lipinski definition) is 2. The van der Waals surface area contributed by atoms with Gasteiger partial charge in [0.2, 0.25) is 5.91 Å². The number of rotatable bonds is 5. The van der Waals surface area contributed by atoms with Gasteiger partial charge in [0.15, 0.2) is 0 Å². The number of aliphatic hydroxyl groups is 1. The highest BCUT2D eigenvalue weighted by Gasteiger charge is 2.24.